The van der Waals surface area contributed by atoms with Crippen LogP contribution in [0.5, 0.6) is 5.88 Å². The number of hydrogen-bond donors (Lipinski definition) is 1. The first-order chi connectivity index (χ1) is 7.58. The van der Waals surface area contributed by atoms with Gasteiger partial charge >= 0.3 is 0 Å². The molecule has 1 aliphatic rings. The fraction of sp³-hybridized carbons (Fsp3) is 0.750. The average molecular weight is 223 g/mol. The van der Waals surface area contributed by atoms with Crippen LogP contribution >= 0.6 is 0 Å². The highest BCUT2D eigenvalue weighted by molar-refractivity contribution is 5.52. The lowest BCUT2D eigenvalue weighted by molar-refractivity contribution is 0.119. The second-order valence-electron chi connectivity index (χ2n) is 4.94. The Hall–Kier alpha value is -1.19. The largest absolute Gasteiger partial charge is 0.473 e. The summed E-state index contributed by atoms with van der Waals surface area (Å²) in [5.41, 5.74) is 7.48. The van der Waals surface area contributed by atoms with Crippen molar-refractivity contribution in [3.8, 4) is 5.88 Å². The molecule has 0 aromatic carbocycles. The summed E-state index contributed by atoms with van der Waals surface area (Å²) in [5.74, 6) is 1.49. The van der Waals surface area contributed by atoms with Crippen LogP contribution in [-0.4, -0.2) is 15.9 Å². The minimum absolute atomic E-state index is 0.306. The van der Waals surface area contributed by atoms with Crippen LogP contribution in [0, 0.1) is 12.8 Å². The third-order valence-electron chi connectivity index (χ3n) is 3.38. The third kappa shape index (κ3) is 2.15. The van der Waals surface area contributed by atoms with Gasteiger partial charge in [0.05, 0.1) is 5.69 Å². The van der Waals surface area contributed by atoms with Crippen molar-refractivity contribution < 1.29 is 4.74 Å². The van der Waals surface area contributed by atoms with Gasteiger partial charge in [0, 0.05) is 7.05 Å². The summed E-state index contributed by atoms with van der Waals surface area (Å²) in [6.45, 7) is 4.19. The summed E-state index contributed by atoms with van der Waals surface area (Å²) in [6, 6.07) is 0. The summed E-state index contributed by atoms with van der Waals surface area (Å²) >= 11 is 0. The molecular formula is C12H21N3O. The van der Waals surface area contributed by atoms with E-state index < -0.39 is 0 Å². The standard InChI is InChI=1S/C12H21N3O/c1-8-5-4-6-10(7-8)16-12-11(13)9(2)14-15(12)3/h8,10H,4-7,13H2,1-3H3. The molecule has 1 saturated carbocycles. The fourth-order valence-corrected chi connectivity index (χ4v) is 2.44. The van der Waals surface area contributed by atoms with Crippen LogP contribution in [-0.2, 0) is 7.05 Å². The van der Waals surface area contributed by atoms with Crippen LogP contribution in [0.25, 0.3) is 0 Å². The van der Waals surface area contributed by atoms with Crippen molar-refractivity contribution in [2.24, 2.45) is 13.0 Å². The second kappa shape index (κ2) is 4.36. The Bertz CT molecular complexity index is 373. The lowest BCUT2D eigenvalue weighted by Gasteiger charge is -2.27. The van der Waals surface area contributed by atoms with Crippen molar-refractivity contribution >= 4 is 5.69 Å². The van der Waals surface area contributed by atoms with Crippen LogP contribution in [0.4, 0.5) is 5.69 Å². The van der Waals surface area contributed by atoms with E-state index in [9.17, 15) is 0 Å². The first-order valence-electron chi connectivity index (χ1n) is 6.03. The van der Waals surface area contributed by atoms with E-state index in [-0.39, 0.29) is 0 Å². The number of aromatic nitrogens is 2. The highest BCUT2D eigenvalue weighted by atomic mass is 16.5. The molecule has 1 aromatic rings. The monoisotopic (exact) mass is 223 g/mol. The molecule has 2 atom stereocenters. The van der Waals surface area contributed by atoms with E-state index in [1.165, 1.54) is 12.8 Å². The van der Waals surface area contributed by atoms with Gasteiger partial charge in [0.25, 0.3) is 0 Å². The van der Waals surface area contributed by atoms with E-state index in [1.807, 2.05) is 14.0 Å². The Labute approximate surface area is 96.8 Å². The maximum atomic E-state index is 5.98. The molecule has 2 N–H and O–H groups in total. The molecule has 0 saturated heterocycles. The van der Waals surface area contributed by atoms with E-state index in [0.717, 1.165) is 30.3 Å². The summed E-state index contributed by atoms with van der Waals surface area (Å²) in [4.78, 5) is 0. The molecular weight excluding hydrogens is 202 g/mol. The SMILES string of the molecule is Cc1nn(C)c(OC2CCCC(C)C2)c1N. The van der Waals surface area contributed by atoms with Gasteiger partial charge in [0.1, 0.15) is 11.8 Å². The molecule has 0 amide bonds. The van der Waals surface area contributed by atoms with E-state index >= 15 is 0 Å². The van der Waals surface area contributed by atoms with E-state index in [0.29, 0.717) is 11.8 Å². The molecule has 2 unspecified atom stereocenters. The average Bonchev–Trinajstić information content (AvgIpc) is 2.45. The van der Waals surface area contributed by atoms with Gasteiger partial charge in [0.15, 0.2) is 0 Å². The maximum absolute atomic E-state index is 5.98. The smallest absolute Gasteiger partial charge is 0.236 e. The first-order valence-corrected chi connectivity index (χ1v) is 6.03. The van der Waals surface area contributed by atoms with Crippen LogP contribution in [0.3, 0.4) is 0 Å². The van der Waals surface area contributed by atoms with Crippen molar-refractivity contribution in [1.82, 2.24) is 9.78 Å². The van der Waals surface area contributed by atoms with Gasteiger partial charge in [-0.05, 0) is 32.1 Å². The molecule has 4 nitrogen and oxygen atoms in total. The molecule has 0 radical (unpaired) electrons. The molecule has 0 spiro atoms. The predicted molar refractivity (Wildman–Crippen MR) is 64.4 cm³/mol. The summed E-state index contributed by atoms with van der Waals surface area (Å²) in [5, 5.41) is 4.26. The number of ether oxygens (including phenoxy) is 1. The highest BCUT2D eigenvalue weighted by Gasteiger charge is 2.23. The van der Waals surface area contributed by atoms with Crippen molar-refractivity contribution in [2.45, 2.75) is 45.6 Å². The fourth-order valence-electron chi connectivity index (χ4n) is 2.44. The van der Waals surface area contributed by atoms with Crippen molar-refractivity contribution in [2.75, 3.05) is 5.73 Å². The van der Waals surface area contributed by atoms with Crippen LogP contribution < -0.4 is 10.5 Å². The van der Waals surface area contributed by atoms with E-state index in [1.54, 1.807) is 4.68 Å². The Morgan fingerprint density at radius 1 is 1.44 bits per heavy atom. The lowest BCUT2D eigenvalue weighted by Crippen LogP contribution is -2.25. The molecule has 0 bridgehead atoms. The van der Waals surface area contributed by atoms with Gasteiger partial charge in [-0.25, -0.2) is 4.68 Å². The van der Waals surface area contributed by atoms with Crippen LogP contribution in [0.1, 0.15) is 38.3 Å². The van der Waals surface area contributed by atoms with Gasteiger partial charge in [0.2, 0.25) is 5.88 Å². The summed E-state index contributed by atoms with van der Waals surface area (Å²) in [6.07, 6.45) is 5.14. The normalized spacial score (nSPS) is 25.7. The minimum Gasteiger partial charge on any atom is -0.473 e. The zero-order valence-electron chi connectivity index (χ0n) is 10.4. The number of aryl methyl sites for hydroxylation is 2. The molecule has 90 valence electrons. The second-order valence-corrected chi connectivity index (χ2v) is 4.94. The molecule has 1 aliphatic carbocycles. The Morgan fingerprint density at radius 2 is 2.19 bits per heavy atom. The van der Waals surface area contributed by atoms with Gasteiger partial charge in [-0.2, -0.15) is 5.10 Å². The third-order valence-corrected chi connectivity index (χ3v) is 3.38. The molecule has 2 rings (SSSR count). The predicted octanol–water partition coefficient (Wildman–Crippen LogP) is 2.27. The topological polar surface area (TPSA) is 53.1 Å². The number of nitrogens with zero attached hydrogens (tertiary/aromatic N) is 2. The quantitative estimate of drug-likeness (QED) is 0.836. The van der Waals surface area contributed by atoms with Crippen molar-refractivity contribution in [1.29, 1.82) is 0 Å². The summed E-state index contributed by atoms with van der Waals surface area (Å²) in [7, 11) is 1.88. The maximum Gasteiger partial charge on any atom is 0.236 e. The zero-order valence-corrected chi connectivity index (χ0v) is 10.4. The van der Waals surface area contributed by atoms with Crippen LogP contribution in [0.15, 0.2) is 0 Å². The summed E-state index contributed by atoms with van der Waals surface area (Å²) < 4.78 is 7.72. The lowest BCUT2D eigenvalue weighted by atomic mass is 9.89. The molecule has 16 heavy (non-hydrogen) atoms. The van der Waals surface area contributed by atoms with Crippen molar-refractivity contribution in [3.05, 3.63) is 5.69 Å². The first kappa shape index (κ1) is 11.3. The van der Waals surface area contributed by atoms with E-state index in [2.05, 4.69) is 12.0 Å². The zero-order chi connectivity index (χ0) is 11.7. The number of nitrogen functional groups attached to an aromatic ring is 1. The van der Waals surface area contributed by atoms with Gasteiger partial charge in [-0.1, -0.05) is 13.3 Å². The number of anilines is 1. The molecule has 1 fully saturated rings. The molecule has 1 heterocycles. The number of rotatable bonds is 2. The van der Waals surface area contributed by atoms with Gasteiger partial charge in [-0.15, -0.1) is 0 Å². The molecule has 4 heteroatoms. The molecule has 0 aliphatic heterocycles. The van der Waals surface area contributed by atoms with Gasteiger partial charge < -0.3 is 10.5 Å². The van der Waals surface area contributed by atoms with Crippen LogP contribution in [0.2, 0.25) is 0 Å². The molecule has 1 aromatic heterocycles. The Kier molecular flexibility index (Phi) is 3.08. The van der Waals surface area contributed by atoms with E-state index in [4.69, 9.17) is 10.5 Å². The minimum atomic E-state index is 0.306. The number of hydrogen-bond acceptors (Lipinski definition) is 3. The Morgan fingerprint density at radius 3 is 2.75 bits per heavy atom. The number of nitrogens with two attached hydrogens (primary N) is 1. The Balaban J connectivity index is 2.08. The van der Waals surface area contributed by atoms with Crippen molar-refractivity contribution in [3.63, 3.8) is 0 Å². The highest BCUT2D eigenvalue weighted by Crippen LogP contribution is 2.30. The van der Waals surface area contributed by atoms with Gasteiger partial charge in [-0.3, -0.25) is 0 Å².